The Morgan fingerprint density at radius 1 is 1.00 bits per heavy atom. The first-order chi connectivity index (χ1) is 5.35. The van der Waals surface area contributed by atoms with Crippen molar-refractivity contribution in [2.75, 3.05) is 13.1 Å². The Kier molecular flexibility index (Phi) is 1.87. The van der Waals surface area contributed by atoms with Crippen molar-refractivity contribution in [3.05, 3.63) is 0 Å². The molecule has 0 radical (unpaired) electrons. The Morgan fingerprint density at radius 2 is 1.45 bits per heavy atom. The van der Waals surface area contributed by atoms with E-state index in [-0.39, 0.29) is 0 Å². The summed E-state index contributed by atoms with van der Waals surface area (Å²) in [7, 11) is 0. The van der Waals surface area contributed by atoms with Crippen molar-refractivity contribution in [3.63, 3.8) is 0 Å². The van der Waals surface area contributed by atoms with Gasteiger partial charge in [0.25, 0.3) is 0 Å². The highest BCUT2D eigenvalue weighted by molar-refractivity contribution is 5.02. The van der Waals surface area contributed by atoms with Gasteiger partial charge in [0.15, 0.2) is 0 Å². The highest BCUT2D eigenvalue weighted by Gasteiger charge is 2.43. The van der Waals surface area contributed by atoms with E-state index >= 15 is 0 Å². The smallest absolute Gasteiger partial charge is 0.0114 e. The van der Waals surface area contributed by atoms with Gasteiger partial charge in [-0.25, -0.2) is 0 Å². The van der Waals surface area contributed by atoms with Crippen molar-refractivity contribution in [1.29, 1.82) is 0 Å². The lowest BCUT2D eigenvalue weighted by Crippen LogP contribution is -2.31. The van der Waals surface area contributed by atoms with Gasteiger partial charge in [0.2, 0.25) is 0 Å². The molecule has 4 unspecified atom stereocenters. The molecule has 0 aliphatic carbocycles. The van der Waals surface area contributed by atoms with E-state index in [1.54, 1.807) is 0 Å². The lowest BCUT2D eigenvalue weighted by molar-refractivity contribution is 0.339. The molecule has 2 aliphatic rings. The van der Waals surface area contributed by atoms with Gasteiger partial charge < -0.3 is 16.8 Å². The highest BCUT2D eigenvalue weighted by atomic mass is 15.1. The third-order valence-electron chi connectivity index (χ3n) is 3.29. The summed E-state index contributed by atoms with van der Waals surface area (Å²) >= 11 is 0. The second-order valence-corrected chi connectivity index (χ2v) is 3.84. The second kappa shape index (κ2) is 2.73. The molecule has 0 amide bonds. The number of hydrogen-bond acceptors (Lipinski definition) is 3. The van der Waals surface area contributed by atoms with Crippen LogP contribution in [0.5, 0.6) is 0 Å². The third kappa shape index (κ3) is 1.08. The SMILES string of the molecule is NCC1CC2NC1CC2CN. The van der Waals surface area contributed by atoms with E-state index in [4.69, 9.17) is 11.5 Å². The first-order valence-electron chi connectivity index (χ1n) is 4.51. The summed E-state index contributed by atoms with van der Waals surface area (Å²) in [6.45, 7) is 1.68. The van der Waals surface area contributed by atoms with Crippen LogP contribution in [-0.4, -0.2) is 25.2 Å². The average molecular weight is 155 g/mol. The van der Waals surface area contributed by atoms with Gasteiger partial charge in [-0.05, 0) is 37.8 Å². The molecule has 2 aliphatic heterocycles. The molecule has 5 N–H and O–H groups in total. The Balaban J connectivity index is 1.97. The van der Waals surface area contributed by atoms with Gasteiger partial charge in [0.05, 0.1) is 0 Å². The molecule has 0 saturated carbocycles. The molecule has 2 rings (SSSR count). The topological polar surface area (TPSA) is 64.1 Å². The van der Waals surface area contributed by atoms with Crippen LogP contribution < -0.4 is 16.8 Å². The Bertz CT molecular complexity index is 132. The molecule has 2 fully saturated rings. The lowest BCUT2D eigenvalue weighted by Gasteiger charge is -2.23. The fourth-order valence-electron chi connectivity index (χ4n) is 2.57. The highest BCUT2D eigenvalue weighted by Crippen LogP contribution is 2.36. The van der Waals surface area contributed by atoms with Crippen LogP contribution >= 0.6 is 0 Å². The first-order valence-corrected chi connectivity index (χ1v) is 4.51. The zero-order valence-electron chi connectivity index (χ0n) is 6.79. The van der Waals surface area contributed by atoms with Crippen LogP contribution in [0.15, 0.2) is 0 Å². The summed E-state index contributed by atoms with van der Waals surface area (Å²) in [6, 6.07) is 1.36. The minimum atomic E-state index is 0.679. The molecule has 0 aromatic carbocycles. The summed E-state index contributed by atoms with van der Waals surface area (Å²) in [5, 5.41) is 3.57. The largest absolute Gasteiger partial charge is 0.330 e. The third-order valence-corrected chi connectivity index (χ3v) is 3.29. The average Bonchev–Trinajstić information content (AvgIpc) is 2.60. The van der Waals surface area contributed by atoms with Crippen molar-refractivity contribution in [3.8, 4) is 0 Å². The predicted octanol–water partition coefficient (Wildman–Crippen LogP) is -0.730. The summed E-state index contributed by atoms with van der Waals surface area (Å²) in [6.07, 6.45) is 2.51. The van der Waals surface area contributed by atoms with E-state index in [9.17, 15) is 0 Å². The zero-order valence-corrected chi connectivity index (χ0v) is 6.79. The summed E-state index contributed by atoms with van der Waals surface area (Å²) in [5.41, 5.74) is 11.3. The molecule has 2 bridgehead atoms. The molecule has 2 saturated heterocycles. The molecule has 0 aromatic heterocycles. The number of nitrogens with one attached hydrogen (secondary N) is 1. The van der Waals surface area contributed by atoms with Gasteiger partial charge in [-0.1, -0.05) is 0 Å². The van der Waals surface area contributed by atoms with Crippen molar-refractivity contribution in [2.24, 2.45) is 23.3 Å². The lowest BCUT2D eigenvalue weighted by atomic mass is 9.82. The van der Waals surface area contributed by atoms with Crippen LogP contribution in [0.3, 0.4) is 0 Å². The fraction of sp³-hybridized carbons (Fsp3) is 1.00. The van der Waals surface area contributed by atoms with Crippen LogP contribution in [0.2, 0.25) is 0 Å². The van der Waals surface area contributed by atoms with Gasteiger partial charge >= 0.3 is 0 Å². The number of nitrogens with two attached hydrogens (primary N) is 2. The second-order valence-electron chi connectivity index (χ2n) is 3.84. The van der Waals surface area contributed by atoms with Crippen LogP contribution in [0.25, 0.3) is 0 Å². The van der Waals surface area contributed by atoms with Crippen LogP contribution in [0.4, 0.5) is 0 Å². The number of hydrogen-bond donors (Lipinski definition) is 3. The van der Waals surface area contributed by atoms with Crippen molar-refractivity contribution >= 4 is 0 Å². The first kappa shape index (κ1) is 7.53. The predicted molar refractivity (Wildman–Crippen MR) is 45.0 cm³/mol. The number of rotatable bonds is 2. The minimum Gasteiger partial charge on any atom is -0.330 e. The van der Waals surface area contributed by atoms with Crippen LogP contribution in [0, 0.1) is 11.8 Å². The van der Waals surface area contributed by atoms with E-state index in [1.807, 2.05) is 0 Å². The van der Waals surface area contributed by atoms with Crippen LogP contribution in [0.1, 0.15) is 12.8 Å². The van der Waals surface area contributed by atoms with E-state index in [0.717, 1.165) is 24.9 Å². The van der Waals surface area contributed by atoms with E-state index in [2.05, 4.69) is 5.32 Å². The van der Waals surface area contributed by atoms with Gasteiger partial charge in [0.1, 0.15) is 0 Å². The van der Waals surface area contributed by atoms with Crippen molar-refractivity contribution in [1.82, 2.24) is 5.32 Å². The molecule has 0 aromatic rings. The molecular weight excluding hydrogens is 138 g/mol. The zero-order chi connectivity index (χ0) is 7.84. The van der Waals surface area contributed by atoms with Gasteiger partial charge in [0, 0.05) is 12.1 Å². The van der Waals surface area contributed by atoms with Crippen molar-refractivity contribution < 1.29 is 0 Å². The summed E-state index contributed by atoms with van der Waals surface area (Å²) < 4.78 is 0. The molecule has 3 nitrogen and oxygen atoms in total. The molecule has 64 valence electrons. The molecule has 4 atom stereocenters. The molecule has 0 spiro atoms. The van der Waals surface area contributed by atoms with E-state index in [1.165, 1.54) is 12.8 Å². The Labute approximate surface area is 67.5 Å². The maximum atomic E-state index is 5.64. The van der Waals surface area contributed by atoms with E-state index in [0.29, 0.717) is 12.1 Å². The maximum absolute atomic E-state index is 5.64. The Hall–Kier alpha value is -0.120. The fourth-order valence-corrected chi connectivity index (χ4v) is 2.57. The molecule has 2 heterocycles. The summed E-state index contributed by atoms with van der Waals surface area (Å²) in [5.74, 6) is 1.45. The number of fused-ring (bicyclic) bond motifs is 2. The van der Waals surface area contributed by atoms with Gasteiger partial charge in [-0.15, -0.1) is 0 Å². The monoisotopic (exact) mass is 155 g/mol. The van der Waals surface area contributed by atoms with Crippen molar-refractivity contribution in [2.45, 2.75) is 24.9 Å². The summed E-state index contributed by atoms with van der Waals surface area (Å²) in [4.78, 5) is 0. The maximum Gasteiger partial charge on any atom is 0.0114 e. The standard InChI is InChI=1S/C8H17N3/c9-3-5-1-7-6(4-10)2-8(5)11-7/h5-8,11H,1-4,9-10H2. The molecular formula is C8H17N3. The molecule has 3 heteroatoms. The Morgan fingerprint density at radius 3 is 1.73 bits per heavy atom. The van der Waals surface area contributed by atoms with Gasteiger partial charge in [-0.2, -0.15) is 0 Å². The van der Waals surface area contributed by atoms with Gasteiger partial charge in [-0.3, -0.25) is 0 Å². The van der Waals surface area contributed by atoms with E-state index < -0.39 is 0 Å². The quantitative estimate of drug-likeness (QED) is 0.492. The molecule has 11 heavy (non-hydrogen) atoms. The van der Waals surface area contributed by atoms with Crippen LogP contribution in [-0.2, 0) is 0 Å². The minimum absolute atomic E-state index is 0.679. The normalized spacial score (nSPS) is 48.5.